The van der Waals surface area contributed by atoms with Crippen LogP contribution in [0.3, 0.4) is 0 Å². The molecule has 28 heavy (non-hydrogen) atoms. The molecule has 2 N–H and O–H groups in total. The van der Waals surface area contributed by atoms with E-state index in [1.807, 2.05) is 30.3 Å². The van der Waals surface area contributed by atoms with Crippen molar-refractivity contribution in [2.24, 2.45) is 0 Å². The quantitative estimate of drug-likeness (QED) is 0.799. The minimum atomic E-state index is -0.241. The van der Waals surface area contributed by atoms with Gasteiger partial charge in [-0.1, -0.05) is 45.2 Å². The Morgan fingerprint density at radius 2 is 1.61 bits per heavy atom. The number of hydrogen-bond acceptors (Lipinski definition) is 6. The third-order valence-corrected chi connectivity index (χ3v) is 5.25. The molecule has 1 aromatic carbocycles. The van der Waals surface area contributed by atoms with Gasteiger partial charge in [-0.3, -0.25) is 0 Å². The fourth-order valence-corrected chi connectivity index (χ4v) is 3.30. The molecule has 0 unspecified atom stereocenters. The lowest BCUT2D eigenvalue weighted by molar-refractivity contribution is -0.212. The molecule has 0 bridgehead atoms. The number of likely N-dealkylation sites (tertiary alicyclic amines) is 1. The maximum atomic E-state index is 11.7. The van der Waals surface area contributed by atoms with Gasteiger partial charge in [-0.2, -0.15) is 0 Å². The Kier molecular flexibility index (Phi) is 9.36. The van der Waals surface area contributed by atoms with E-state index in [4.69, 9.17) is 19.3 Å². The topological polar surface area (TPSA) is 80.3 Å². The Balaban J connectivity index is 0.000000301. The van der Waals surface area contributed by atoms with Gasteiger partial charge in [0, 0.05) is 33.0 Å². The van der Waals surface area contributed by atoms with E-state index in [0.29, 0.717) is 25.3 Å². The van der Waals surface area contributed by atoms with Crippen LogP contribution in [0.2, 0.25) is 0 Å². The highest BCUT2D eigenvalue weighted by Crippen LogP contribution is 2.36. The summed E-state index contributed by atoms with van der Waals surface area (Å²) in [6, 6.07) is 9.70. The number of aliphatic hydroxyl groups is 1. The van der Waals surface area contributed by atoms with Crippen molar-refractivity contribution in [1.82, 2.24) is 10.2 Å². The monoisotopic (exact) mass is 396 g/mol. The van der Waals surface area contributed by atoms with Gasteiger partial charge in [0.15, 0.2) is 0 Å². The molecular formula is C21H36N2O5. The highest BCUT2D eigenvalue weighted by Gasteiger charge is 2.51. The molecule has 0 atom stereocenters. The molecule has 4 heterocycles. The lowest BCUT2D eigenvalue weighted by Crippen LogP contribution is -2.69. The average molecular weight is 397 g/mol. The number of amides is 1. The van der Waals surface area contributed by atoms with E-state index in [-0.39, 0.29) is 26.5 Å². The SMILES string of the molecule is C.C.C1CC2(CNC2)O1.CO.O=C(OCc1ccccc1)N1CC2(CCO2)C1. The van der Waals surface area contributed by atoms with Crippen LogP contribution in [0, 0.1) is 0 Å². The van der Waals surface area contributed by atoms with Crippen LogP contribution in [-0.4, -0.2) is 73.8 Å². The number of carbonyl (C=O) groups is 1. The van der Waals surface area contributed by atoms with Crippen molar-refractivity contribution in [2.45, 2.75) is 45.5 Å². The Morgan fingerprint density at radius 1 is 1.07 bits per heavy atom. The van der Waals surface area contributed by atoms with E-state index >= 15 is 0 Å². The minimum absolute atomic E-state index is 0. The molecule has 4 fully saturated rings. The molecule has 7 heteroatoms. The summed E-state index contributed by atoms with van der Waals surface area (Å²) in [6.07, 6.45) is 2.10. The van der Waals surface area contributed by atoms with Crippen molar-refractivity contribution in [2.75, 3.05) is 46.5 Å². The van der Waals surface area contributed by atoms with Gasteiger partial charge in [0.1, 0.15) is 12.2 Å². The van der Waals surface area contributed by atoms with Crippen molar-refractivity contribution in [3.05, 3.63) is 35.9 Å². The van der Waals surface area contributed by atoms with Crippen molar-refractivity contribution in [3.63, 3.8) is 0 Å². The number of aliphatic hydroxyl groups excluding tert-OH is 1. The zero-order valence-corrected chi connectivity index (χ0v) is 15.3. The van der Waals surface area contributed by atoms with Crippen LogP contribution in [0.15, 0.2) is 30.3 Å². The molecule has 5 rings (SSSR count). The van der Waals surface area contributed by atoms with Crippen LogP contribution in [0.25, 0.3) is 0 Å². The Morgan fingerprint density at radius 3 is 1.96 bits per heavy atom. The smallest absolute Gasteiger partial charge is 0.410 e. The van der Waals surface area contributed by atoms with E-state index in [1.54, 1.807) is 4.90 Å². The predicted molar refractivity (Wildman–Crippen MR) is 109 cm³/mol. The minimum Gasteiger partial charge on any atom is -0.445 e. The van der Waals surface area contributed by atoms with Gasteiger partial charge in [0.05, 0.1) is 31.9 Å². The fraction of sp³-hybridized carbons (Fsp3) is 0.667. The number of hydrogen-bond donors (Lipinski definition) is 2. The van der Waals surface area contributed by atoms with Gasteiger partial charge in [-0.15, -0.1) is 0 Å². The predicted octanol–water partition coefficient (Wildman–Crippen LogP) is 2.43. The van der Waals surface area contributed by atoms with E-state index in [1.165, 1.54) is 6.42 Å². The highest BCUT2D eigenvalue weighted by molar-refractivity contribution is 5.69. The number of ether oxygens (including phenoxy) is 3. The molecule has 0 aliphatic carbocycles. The summed E-state index contributed by atoms with van der Waals surface area (Å²) in [4.78, 5) is 13.4. The summed E-state index contributed by atoms with van der Waals surface area (Å²) in [5, 5.41) is 10.2. The lowest BCUT2D eigenvalue weighted by Gasteiger charge is -2.54. The van der Waals surface area contributed by atoms with Gasteiger partial charge >= 0.3 is 6.09 Å². The molecule has 160 valence electrons. The summed E-state index contributed by atoms with van der Waals surface area (Å²) in [7, 11) is 1.00. The van der Waals surface area contributed by atoms with Crippen LogP contribution in [0.5, 0.6) is 0 Å². The summed E-state index contributed by atoms with van der Waals surface area (Å²) >= 11 is 0. The zero-order chi connectivity index (χ0) is 18.5. The Hall–Kier alpha value is -1.67. The van der Waals surface area contributed by atoms with Gasteiger partial charge in [0.25, 0.3) is 0 Å². The number of rotatable bonds is 2. The van der Waals surface area contributed by atoms with Crippen molar-refractivity contribution in [1.29, 1.82) is 0 Å². The normalized spacial score (nSPS) is 21.3. The number of carbonyl (C=O) groups excluding carboxylic acids is 1. The summed E-state index contributed by atoms with van der Waals surface area (Å²) in [5.41, 5.74) is 1.32. The molecular weight excluding hydrogens is 360 g/mol. The van der Waals surface area contributed by atoms with Crippen LogP contribution < -0.4 is 5.32 Å². The molecule has 4 aliphatic heterocycles. The third kappa shape index (κ3) is 5.44. The van der Waals surface area contributed by atoms with Gasteiger partial charge in [0.2, 0.25) is 0 Å². The molecule has 1 amide bonds. The van der Waals surface area contributed by atoms with E-state index in [0.717, 1.165) is 45.4 Å². The molecule has 0 radical (unpaired) electrons. The first-order chi connectivity index (χ1) is 12.7. The van der Waals surface area contributed by atoms with Crippen molar-refractivity contribution >= 4 is 6.09 Å². The molecule has 2 spiro atoms. The standard InChI is InChI=1S/C13H15NO3.C5H9NO.CH4O.2CH4/c15-12(14-9-13(10-14)6-7-17-13)16-8-11-4-2-1-3-5-11;1-2-7-5(1)3-6-4-5;1-2;;/h1-5H,6-10H2;6H,1-4H2;2H,1H3;2*1H4. The van der Waals surface area contributed by atoms with Gasteiger partial charge < -0.3 is 29.5 Å². The molecule has 0 saturated carbocycles. The van der Waals surface area contributed by atoms with E-state index < -0.39 is 0 Å². The third-order valence-electron chi connectivity index (χ3n) is 5.25. The summed E-state index contributed by atoms with van der Waals surface area (Å²) in [6.45, 7) is 5.69. The average Bonchev–Trinajstić information content (AvgIpc) is 2.51. The second-order valence-electron chi connectivity index (χ2n) is 7.06. The van der Waals surface area contributed by atoms with Crippen LogP contribution in [0.1, 0.15) is 33.3 Å². The largest absolute Gasteiger partial charge is 0.445 e. The van der Waals surface area contributed by atoms with Crippen molar-refractivity contribution < 1.29 is 24.1 Å². The lowest BCUT2D eigenvalue weighted by atomic mass is 9.87. The van der Waals surface area contributed by atoms with Crippen LogP contribution in [-0.2, 0) is 20.8 Å². The molecule has 4 aliphatic rings. The summed E-state index contributed by atoms with van der Waals surface area (Å²) in [5.74, 6) is 0. The molecule has 4 saturated heterocycles. The van der Waals surface area contributed by atoms with E-state index in [9.17, 15) is 4.79 Å². The Bertz CT molecular complexity index is 560. The number of nitrogens with zero attached hydrogens (tertiary/aromatic N) is 1. The van der Waals surface area contributed by atoms with Gasteiger partial charge in [-0.25, -0.2) is 4.79 Å². The number of nitrogens with one attached hydrogen (secondary N) is 1. The zero-order valence-electron chi connectivity index (χ0n) is 15.3. The number of benzene rings is 1. The molecule has 1 aromatic rings. The summed E-state index contributed by atoms with van der Waals surface area (Å²) < 4.78 is 16.0. The fourth-order valence-electron chi connectivity index (χ4n) is 3.30. The first-order valence-corrected chi connectivity index (χ1v) is 9.08. The Labute approximate surface area is 169 Å². The maximum absolute atomic E-state index is 11.7. The van der Waals surface area contributed by atoms with Crippen LogP contribution >= 0.6 is 0 Å². The van der Waals surface area contributed by atoms with Gasteiger partial charge in [-0.05, 0) is 5.56 Å². The van der Waals surface area contributed by atoms with E-state index in [2.05, 4.69) is 5.32 Å². The second kappa shape index (κ2) is 10.8. The maximum Gasteiger partial charge on any atom is 0.410 e. The first kappa shape index (κ1) is 24.4. The second-order valence-corrected chi connectivity index (χ2v) is 7.06. The van der Waals surface area contributed by atoms with Crippen molar-refractivity contribution in [3.8, 4) is 0 Å². The highest BCUT2D eigenvalue weighted by atomic mass is 16.6. The van der Waals surface area contributed by atoms with Crippen LogP contribution in [0.4, 0.5) is 4.79 Å². The molecule has 0 aromatic heterocycles. The first-order valence-electron chi connectivity index (χ1n) is 9.08. The molecule has 7 nitrogen and oxygen atoms in total.